The Morgan fingerprint density at radius 3 is 2.88 bits per heavy atom. The number of nitrogens with two attached hydrogens (primary N) is 1. The van der Waals surface area contributed by atoms with Crippen LogP contribution in [0.1, 0.15) is 6.42 Å². The van der Waals surface area contributed by atoms with Crippen LogP contribution in [0.15, 0.2) is 5.16 Å². The van der Waals surface area contributed by atoms with Crippen molar-refractivity contribution < 1.29 is 9.94 Å². The Balaban J connectivity index is 3.29. The van der Waals surface area contributed by atoms with Crippen LogP contribution in [-0.2, 0) is 4.84 Å². The standard InChI is InChI=1S/C4H10N2O2/c1-8-6-4(5)2-3-7/h7H,2-3H2,1H3,(H2,5,6). The van der Waals surface area contributed by atoms with E-state index in [4.69, 9.17) is 10.8 Å². The third kappa shape index (κ3) is 3.42. The van der Waals surface area contributed by atoms with Gasteiger partial charge in [-0.15, -0.1) is 0 Å². The Bertz CT molecular complexity index is 82.1. The molecule has 0 amide bonds. The molecule has 0 unspecified atom stereocenters. The van der Waals surface area contributed by atoms with Gasteiger partial charge in [-0.3, -0.25) is 0 Å². The summed E-state index contributed by atoms with van der Waals surface area (Å²) in [4.78, 5) is 4.31. The van der Waals surface area contributed by atoms with Gasteiger partial charge in [0.2, 0.25) is 0 Å². The Morgan fingerprint density at radius 1 is 1.88 bits per heavy atom. The second-order valence-corrected chi connectivity index (χ2v) is 1.24. The predicted octanol–water partition coefficient (Wildman–Crippen LogP) is -0.713. The van der Waals surface area contributed by atoms with E-state index in [9.17, 15) is 0 Å². The van der Waals surface area contributed by atoms with Gasteiger partial charge in [-0.2, -0.15) is 0 Å². The summed E-state index contributed by atoms with van der Waals surface area (Å²) in [5.74, 6) is 0.315. The number of hydrogen-bond acceptors (Lipinski definition) is 3. The van der Waals surface area contributed by atoms with E-state index < -0.39 is 0 Å². The fraction of sp³-hybridized carbons (Fsp3) is 0.750. The molecule has 4 nitrogen and oxygen atoms in total. The quantitative estimate of drug-likeness (QED) is 0.292. The first-order chi connectivity index (χ1) is 3.81. The first-order valence-corrected chi connectivity index (χ1v) is 2.27. The van der Waals surface area contributed by atoms with Crippen molar-refractivity contribution in [3.8, 4) is 0 Å². The highest BCUT2D eigenvalue weighted by Gasteiger charge is 1.87. The number of hydrogen-bond donors (Lipinski definition) is 2. The first-order valence-electron chi connectivity index (χ1n) is 2.27. The van der Waals surface area contributed by atoms with E-state index in [-0.39, 0.29) is 6.61 Å². The molecule has 0 aliphatic rings. The van der Waals surface area contributed by atoms with E-state index >= 15 is 0 Å². The van der Waals surface area contributed by atoms with Gasteiger partial charge in [-0.1, -0.05) is 5.16 Å². The number of aliphatic hydroxyl groups is 1. The van der Waals surface area contributed by atoms with Crippen molar-refractivity contribution in [1.29, 1.82) is 0 Å². The zero-order valence-corrected chi connectivity index (χ0v) is 4.79. The van der Waals surface area contributed by atoms with E-state index in [0.717, 1.165) is 0 Å². The molecule has 4 heteroatoms. The summed E-state index contributed by atoms with van der Waals surface area (Å²) in [5.41, 5.74) is 5.16. The summed E-state index contributed by atoms with van der Waals surface area (Å²) in [6.07, 6.45) is 0.369. The maximum atomic E-state index is 8.25. The fourth-order valence-electron chi connectivity index (χ4n) is 0.277. The minimum Gasteiger partial charge on any atom is -0.398 e. The molecule has 0 aliphatic heterocycles. The predicted molar refractivity (Wildman–Crippen MR) is 30.3 cm³/mol. The van der Waals surface area contributed by atoms with E-state index in [0.29, 0.717) is 12.3 Å². The van der Waals surface area contributed by atoms with Crippen molar-refractivity contribution in [3.05, 3.63) is 0 Å². The second kappa shape index (κ2) is 4.39. The van der Waals surface area contributed by atoms with E-state index in [2.05, 4.69) is 9.99 Å². The molecular weight excluding hydrogens is 108 g/mol. The third-order valence-corrected chi connectivity index (χ3v) is 0.576. The number of aliphatic hydroxyl groups excluding tert-OH is 1. The Kier molecular flexibility index (Phi) is 3.97. The molecule has 0 spiro atoms. The zero-order valence-electron chi connectivity index (χ0n) is 4.79. The van der Waals surface area contributed by atoms with Gasteiger partial charge >= 0.3 is 0 Å². The second-order valence-electron chi connectivity index (χ2n) is 1.24. The maximum absolute atomic E-state index is 8.25. The monoisotopic (exact) mass is 118 g/mol. The fourth-order valence-corrected chi connectivity index (χ4v) is 0.277. The molecule has 0 heterocycles. The SMILES string of the molecule is CO/N=C(\N)CCO. The largest absolute Gasteiger partial charge is 0.398 e. The van der Waals surface area contributed by atoms with Crippen molar-refractivity contribution in [2.45, 2.75) is 6.42 Å². The zero-order chi connectivity index (χ0) is 6.41. The topological polar surface area (TPSA) is 67.8 Å². The molecule has 0 radical (unpaired) electrons. The molecule has 0 aromatic carbocycles. The van der Waals surface area contributed by atoms with Crippen LogP contribution in [0.2, 0.25) is 0 Å². The first kappa shape index (κ1) is 7.23. The van der Waals surface area contributed by atoms with Gasteiger partial charge in [0.05, 0.1) is 6.61 Å². The van der Waals surface area contributed by atoms with Crippen molar-refractivity contribution >= 4 is 5.84 Å². The lowest BCUT2D eigenvalue weighted by atomic mass is 10.4. The van der Waals surface area contributed by atoms with Gasteiger partial charge in [-0.25, -0.2) is 0 Å². The smallest absolute Gasteiger partial charge is 0.141 e. The highest BCUT2D eigenvalue weighted by atomic mass is 16.6. The van der Waals surface area contributed by atoms with Crippen molar-refractivity contribution in [1.82, 2.24) is 0 Å². The Morgan fingerprint density at radius 2 is 2.50 bits per heavy atom. The van der Waals surface area contributed by atoms with Crippen molar-refractivity contribution in [3.63, 3.8) is 0 Å². The average molecular weight is 118 g/mol. The van der Waals surface area contributed by atoms with Gasteiger partial charge in [-0.05, 0) is 0 Å². The lowest BCUT2D eigenvalue weighted by molar-refractivity contribution is 0.210. The van der Waals surface area contributed by atoms with Crippen LogP contribution >= 0.6 is 0 Å². The Labute approximate surface area is 47.9 Å². The number of nitrogens with zero attached hydrogens (tertiary/aromatic N) is 1. The van der Waals surface area contributed by atoms with Gasteiger partial charge < -0.3 is 15.7 Å². The van der Waals surface area contributed by atoms with Gasteiger partial charge in [0.25, 0.3) is 0 Å². The van der Waals surface area contributed by atoms with Crippen molar-refractivity contribution in [2.75, 3.05) is 13.7 Å². The van der Waals surface area contributed by atoms with Crippen LogP contribution in [0.25, 0.3) is 0 Å². The number of rotatable bonds is 3. The summed E-state index contributed by atoms with van der Waals surface area (Å²) < 4.78 is 0. The highest BCUT2D eigenvalue weighted by molar-refractivity contribution is 5.79. The molecule has 8 heavy (non-hydrogen) atoms. The van der Waals surface area contributed by atoms with Crippen LogP contribution in [0.3, 0.4) is 0 Å². The molecule has 48 valence electrons. The van der Waals surface area contributed by atoms with Crippen LogP contribution in [0, 0.1) is 0 Å². The molecule has 0 aliphatic carbocycles. The number of oxime groups is 1. The molecule has 0 atom stereocenters. The molecule has 0 fully saturated rings. The van der Waals surface area contributed by atoms with Gasteiger partial charge in [0, 0.05) is 6.42 Å². The maximum Gasteiger partial charge on any atom is 0.141 e. The molecule has 0 aromatic rings. The van der Waals surface area contributed by atoms with E-state index in [1.54, 1.807) is 0 Å². The average Bonchev–Trinajstić information content (AvgIpc) is 1.68. The van der Waals surface area contributed by atoms with Crippen LogP contribution < -0.4 is 5.73 Å². The molecular formula is C4H10N2O2. The lowest BCUT2D eigenvalue weighted by Gasteiger charge is -1.92. The van der Waals surface area contributed by atoms with Gasteiger partial charge in [0.15, 0.2) is 0 Å². The minimum atomic E-state index is 0.0126. The van der Waals surface area contributed by atoms with Crippen molar-refractivity contribution in [2.24, 2.45) is 10.9 Å². The normalized spacial score (nSPS) is 11.5. The van der Waals surface area contributed by atoms with Crippen LogP contribution in [0.4, 0.5) is 0 Å². The molecule has 0 aromatic heterocycles. The summed E-state index contributed by atoms with van der Waals surface area (Å²) in [6.45, 7) is 0.0126. The lowest BCUT2D eigenvalue weighted by Crippen LogP contribution is -2.13. The van der Waals surface area contributed by atoms with Gasteiger partial charge in [0.1, 0.15) is 12.9 Å². The van der Waals surface area contributed by atoms with Crippen LogP contribution in [0.5, 0.6) is 0 Å². The summed E-state index contributed by atoms with van der Waals surface area (Å²) in [7, 11) is 1.41. The highest BCUT2D eigenvalue weighted by Crippen LogP contribution is 1.76. The molecule has 3 N–H and O–H groups in total. The molecule has 0 saturated carbocycles. The molecule has 0 saturated heterocycles. The summed E-state index contributed by atoms with van der Waals surface area (Å²) in [6, 6.07) is 0. The molecule has 0 bridgehead atoms. The third-order valence-electron chi connectivity index (χ3n) is 0.576. The minimum absolute atomic E-state index is 0.0126. The van der Waals surface area contributed by atoms with Crippen LogP contribution in [-0.4, -0.2) is 24.7 Å². The van der Waals surface area contributed by atoms with E-state index in [1.807, 2.05) is 0 Å². The summed E-state index contributed by atoms with van der Waals surface area (Å²) in [5, 5.41) is 11.6. The van der Waals surface area contributed by atoms with E-state index in [1.165, 1.54) is 7.11 Å². The summed E-state index contributed by atoms with van der Waals surface area (Å²) >= 11 is 0. The molecule has 0 rings (SSSR count). The number of amidine groups is 1. The Hall–Kier alpha value is -0.770.